The normalized spacial score (nSPS) is 10.5. The standard InChI is InChI=1S/C10H10N2S/c1-11-13-9-4-5-10-8(7-9)3-2-6-12-10/h2-7,11H,1H3. The van der Waals surface area contributed by atoms with Crippen LogP contribution in [-0.2, 0) is 0 Å². The molecule has 0 aliphatic rings. The molecule has 0 saturated carbocycles. The predicted molar refractivity (Wildman–Crippen MR) is 56.7 cm³/mol. The van der Waals surface area contributed by atoms with Crippen molar-refractivity contribution < 1.29 is 0 Å². The summed E-state index contributed by atoms with van der Waals surface area (Å²) in [5.74, 6) is 0. The van der Waals surface area contributed by atoms with E-state index in [1.54, 1.807) is 11.9 Å². The molecule has 0 atom stereocenters. The Morgan fingerprint density at radius 1 is 1.31 bits per heavy atom. The SMILES string of the molecule is CNSc1ccc2ncccc2c1. The van der Waals surface area contributed by atoms with E-state index in [0.29, 0.717) is 0 Å². The molecule has 0 saturated heterocycles. The van der Waals surface area contributed by atoms with Crippen molar-refractivity contribution in [3.05, 3.63) is 36.5 Å². The van der Waals surface area contributed by atoms with Crippen LogP contribution in [-0.4, -0.2) is 12.0 Å². The lowest BCUT2D eigenvalue weighted by molar-refractivity contribution is 1.28. The smallest absolute Gasteiger partial charge is 0.0702 e. The molecule has 1 aromatic heterocycles. The van der Waals surface area contributed by atoms with Crippen LogP contribution in [0.4, 0.5) is 0 Å². The van der Waals surface area contributed by atoms with E-state index in [1.807, 2.05) is 25.4 Å². The second-order valence-corrected chi connectivity index (χ2v) is 3.75. The van der Waals surface area contributed by atoms with E-state index in [-0.39, 0.29) is 0 Å². The number of pyridine rings is 1. The van der Waals surface area contributed by atoms with Gasteiger partial charge in [0.15, 0.2) is 0 Å². The Labute approximate surface area is 81.5 Å². The first-order valence-electron chi connectivity index (χ1n) is 4.08. The molecule has 0 bridgehead atoms. The summed E-state index contributed by atoms with van der Waals surface area (Å²) in [6, 6.07) is 10.3. The molecule has 1 heterocycles. The minimum Gasteiger partial charge on any atom is -0.263 e. The van der Waals surface area contributed by atoms with E-state index in [2.05, 4.69) is 27.9 Å². The Hall–Kier alpha value is -1.06. The maximum Gasteiger partial charge on any atom is 0.0702 e. The third kappa shape index (κ3) is 1.82. The van der Waals surface area contributed by atoms with Crippen molar-refractivity contribution >= 4 is 22.9 Å². The summed E-state index contributed by atoms with van der Waals surface area (Å²) in [6.07, 6.45) is 1.81. The topological polar surface area (TPSA) is 24.9 Å². The van der Waals surface area contributed by atoms with E-state index in [4.69, 9.17) is 0 Å². The highest BCUT2D eigenvalue weighted by Crippen LogP contribution is 2.19. The third-order valence-corrected chi connectivity index (χ3v) is 2.49. The lowest BCUT2D eigenvalue weighted by atomic mass is 10.2. The van der Waals surface area contributed by atoms with Crippen LogP contribution in [0.2, 0.25) is 0 Å². The molecule has 0 unspecified atom stereocenters. The maximum absolute atomic E-state index is 4.25. The first-order chi connectivity index (χ1) is 6.40. The van der Waals surface area contributed by atoms with Gasteiger partial charge in [0.1, 0.15) is 0 Å². The van der Waals surface area contributed by atoms with Crippen LogP contribution in [0.3, 0.4) is 0 Å². The summed E-state index contributed by atoms with van der Waals surface area (Å²) in [7, 11) is 1.91. The van der Waals surface area contributed by atoms with Crippen LogP contribution in [0, 0.1) is 0 Å². The molecule has 3 heteroatoms. The van der Waals surface area contributed by atoms with Gasteiger partial charge in [0, 0.05) is 16.5 Å². The molecule has 0 radical (unpaired) electrons. The lowest BCUT2D eigenvalue weighted by Gasteiger charge is -2.00. The fraction of sp³-hybridized carbons (Fsp3) is 0.100. The van der Waals surface area contributed by atoms with Gasteiger partial charge >= 0.3 is 0 Å². The molecule has 0 spiro atoms. The monoisotopic (exact) mass is 190 g/mol. The molecule has 1 aromatic carbocycles. The van der Waals surface area contributed by atoms with Gasteiger partial charge in [-0.3, -0.25) is 9.71 Å². The van der Waals surface area contributed by atoms with Crippen LogP contribution < -0.4 is 4.72 Å². The fourth-order valence-corrected chi connectivity index (χ4v) is 1.79. The Morgan fingerprint density at radius 3 is 3.08 bits per heavy atom. The number of nitrogens with zero attached hydrogens (tertiary/aromatic N) is 1. The number of hydrogen-bond donors (Lipinski definition) is 1. The lowest BCUT2D eigenvalue weighted by Crippen LogP contribution is -1.90. The molecule has 2 nitrogen and oxygen atoms in total. The Morgan fingerprint density at radius 2 is 2.23 bits per heavy atom. The number of nitrogens with one attached hydrogen (secondary N) is 1. The van der Waals surface area contributed by atoms with Crippen molar-refractivity contribution in [2.24, 2.45) is 0 Å². The molecule has 2 rings (SSSR count). The maximum atomic E-state index is 4.25. The van der Waals surface area contributed by atoms with Crippen molar-refractivity contribution in [1.82, 2.24) is 9.71 Å². The minimum atomic E-state index is 1.04. The first kappa shape index (κ1) is 8.53. The minimum absolute atomic E-state index is 1.04. The summed E-state index contributed by atoms with van der Waals surface area (Å²) in [5, 5.41) is 1.18. The molecular weight excluding hydrogens is 180 g/mol. The van der Waals surface area contributed by atoms with Crippen LogP contribution in [0.25, 0.3) is 10.9 Å². The van der Waals surface area contributed by atoms with Gasteiger partial charge in [-0.2, -0.15) is 0 Å². The van der Waals surface area contributed by atoms with Gasteiger partial charge in [-0.15, -0.1) is 0 Å². The molecule has 0 aliphatic carbocycles. The molecular formula is C10H10N2S. The zero-order chi connectivity index (χ0) is 9.10. The van der Waals surface area contributed by atoms with Crippen molar-refractivity contribution in [1.29, 1.82) is 0 Å². The number of aromatic nitrogens is 1. The van der Waals surface area contributed by atoms with E-state index in [1.165, 1.54) is 10.3 Å². The van der Waals surface area contributed by atoms with Crippen molar-refractivity contribution in [3.63, 3.8) is 0 Å². The summed E-state index contributed by atoms with van der Waals surface area (Å²) < 4.78 is 3.04. The molecule has 0 amide bonds. The van der Waals surface area contributed by atoms with Gasteiger partial charge < -0.3 is 0 Å². The Bertz CT molecular complexity index is 414. The van der Waals surface area contributed by atoms with Gasteiger partial charge in [-0.05, 0) is 43.3 Å². The van der Waals surface area contributed by atoms with E-state index in [0.717, 1.165) is 5.52 Å². The largest absolute Gasteiger partial charge is 0.263 e. The second-order valence-electron chi connectivity index (χ2n) is 2.66. The molecule has 13 heavy (non-hydrogen) atoms. The average molecular weight is 190 g/mol. The molecule has 0 aliphatic heterocycles. The van der Waals surface area contributed by atoms with Gasteiger partial charge in [0.05, 0.1) is 5.52 Å². The first-order valence-corrected chi connectivity index (χ1v) is 4.90. The second kappa shape index (κ2) is 3.77. The fourth-order valence-electron chi connectivity index (χ4n) is 1.24. The molecule has 2 aromatic rings. The highest BCUT2D eigenvalue weighted by Gasteiger charge is 1.95. The predicted octanol–water partition coefficient (Wildman–Crippen LogP) is 2.46. The van der Waals surface area contributed by atoms with Crippen LogP contribution >= 0.6 is 11.9 Å². The summed E-state index contributed by atoms with van der Waals surface area (Å²) >= 11 is 1.61. The number of benzene rings is 1. The zero-order valence-corrected chi connectivity index (χ0v) is 8.14. The molecule has 0 fully saturated rings. The number of fused-ring (bicyclic) bond motifs is 1. The number of hydrogen-bond acceptors (Lipinski definition) is 3. The summed E-state index contributed by atoms with van der Waals surface area (Å²) in [5.41, 5.74) is 1.04. The van der Waals surface area contributed by atoms with Crippen molar-refractivity contribution in [2.75, 3.05) is 7.05 Å². The molecule has 66 valence electrons. The molecule has 1 N–H and O–H groups in total. The van der Waals surface area contributed by atoms with Gasteiger partial charge in [0.2, 0.25) is 0 Å². The van der Waals surface area contributed by atoms with Crippen LogP contribution in [0.1, 0.15) is 0 Å². The van der Waals surface area contributed by atoms with Gasteiger partial charge in [-0.25, -0.2) is 0 Å². The van der Waals surface area contributed by atoms with Gasteiger partial charge in [0.25, 0.3) is 0 Å². The Balaban J connectivity index is 2.49. The summed E-state index contributed by atoms with van der Waals surface area (Å²) in [6.45, 7) is 0. The van der Waals surface area contributed by atoms with E-state index >= 15 is 0 Å². The summed E-state index contributed by atoms with van der Waals surface area (Å²) in [4.78, 5) is 5.46. The zero-order valence-electron chi connectivity index (χ0n) is 7.32. The van der Waals surface area contributed by atoms with Crippen LogP contribution in [0.5, 0.6) is 0 Å². The number of rotatable bonds is 2. The van der Waals surface area contributed by atoms with Crippen LogP contribution in [0.15, 0.2) is 41.4 Å². The quantitative estimate of drug-likeness (QED) is 0.736. The van der Waals surface area contributed by atoms with Gasteiger partial charge in [-0.1, -0.05) is 6.07 Å². The third-order valence-electron chi connectivity index (χ3n) is 1.79. The van der Waals surface area contributed by atoms with Crippen molar-refractivity contribution in [2.45, 2.75) is 4.90 Å². The van der Waals surface area contributed by atoms with E-state index < -0.39 is 0 Å². The highest BCUT2D eigenvalue weighted by molar-refractivity contribution is 7.97. The van der Waals surface area contributed by atoms with E-state index in [9.17, 15) is 0 Å². The Kier molecular flexibility index (Phi) is 2.47. The highest BCUT2D eigenvalue weighted by atomic mass is 32.2. The average Bonchev–Trinajstić information content (AvgIpc) is 2.18. The van der Waals surface area contributed by atoms with Crippen molar-refractivity contribution in [3.8, 4) is 0 Å².